The second-order valence-corrected chi connectivity index (χ2v) is 5.93. The number of fused-ring (bicyclic) bond motifs is 1. The Balaban J connectivity index is 2.75. The number of thiophene rings is 1. The zero-order chi connectivity index (χ0) is 11.9. The first kappa shape index (κ1) is 11.5. The predicted octanol–water partition coefficient (Wildman–Crippen LogP) is 4.25. The van der Waals surface area contributed by atoms with Gasteiger partial charge in [-0.2, -0.15) is 5.10 Å². The van der Waals surface area contributed by atoms with Crippen molar-refractivity contribution in [3.05, 3.63) is 22.2 Å². The van der Waals surface area contributed by atoms with Crippen LogP contribution >= 0.6 is 11.3 Å². The maximum atomic E-state index is 4.29. The second kappa shape index (κ2) is 4.13. The molecule has 0 atom stereocenters. The molecule has 0 saturated carbocycles. The largest absolute Gasteiger partial charge is 0.158 e. The van der Waals surface area contributed by atoms with E-state index in [0.29, 0.717) is 11.8 Å². The van der Waals surface area contributed by atoms with Gasteiger partial charge in [-0.3, -0.25) is 0 Å². The van der Waals surface area contributed by atoms with Crippen LogP contribution in [-0.4, -0.2) is 10.2 Å². The van der Waals surface area contributed by atoms with E-state index in [1.807, 2.05) is 17.5 Å². The fourth-order valence-corrected chi connectivity index (χ4v) is 3.41. The van der Waals surface area contributed by atoms with Crippen molar-refractivity contribution < 1.29 is 0 Å². The van der Waals surface area contributed by atoms with Gasteiger partial charge in [0, 0.05) is 4.88 Å². The fourth-order valence-electron chi connectivity index (χ4n) is 2.01. The average molecular weight is 234 g/mol. The molecule has 2 aromatic heterocycles. The van der Waals surface area contributed by atoms with Gasteiger partial charge < -0.3 is 0 Å². The van der Waals surface area contributed by atoms with E-state index in [1.54, 1.807) is 0 Å². The summed E-state index contributed by atoms with van der Waals surface area (Å²) < 4.78 is 1.33. The summed E-state index contributed by atoms with van der Waals surface area (Å²) in [6, 6.07) is 0. The molecule has 16 heavy (non-hydrogen) atoms. The monoisotopic (exact) mass is 234 g/mol. The van der Waals surface area contributed by atoms with Gasteiger partial charge in [0.1, 0.15) is 5.52 Å². The van der Waals surface area contributed by atoms with Crippen molar-refractivity contribution in [2.45, 2.75) is 46.5 Å². The summed E-state index contributed by atoms with van der Waals surface area (Å²) in [6.45, 7) is 11.1. The molecule has 0 amide bonds. The van der Waals surface area contributed by atoms with Gasteiger partial charge in [0.15, 0.2) is 0 Å². The lowest BCUT2D eigenvalue weighted by Gasteiger charge is -2.04. The maximum Gasteiger partial charge on any atom is 0.107 e. The molecule has 86 valence electrons. The molecular formula is C13H18N2S. The fraction of sp³-hybridized carbons (Fsp3) is 0.538. The number of nitrogens with zero attached hydrogens (tertiary/aromatic N) is 2. The van der Waals surface area contributed by atoms with Crippen LogP contribution in [0.25, 0.3) is 10.2 Å². The van der Waals surface area contributed by atoms with Crippen LogP contribution in [0.2, 0.25) is 0 Å². The first-order valence-corrected chi connectivity index (χ1v) is 6.58. The molecule has 0 aliphatic carbocycles. The third kappa shape index (κ3) is 1.73. The van der Waals surface area contributed by atoms with Gasteiger partial charge in [0.05, 0.1) is 10.9 Å². The molecule has 0 spiro atoms. The Hall–Kier alpha value is -0.960. The zero-order valence-electron chi connectivity index (χ0n) is 10.5. The van der Waals surface area contributed by atoms with Gasteiger partial charge in [0.25, 0.3) is 0 Å². The minimum absolute atomic E-state index is 0.510. The molecule has 2 rings (SSSR count). The highest BCUT2D eigenvalue weighted by atomic mass is 32.1. The Morgan fingerprint density at radius 3 is 2.38 bits per heavy atom. The van der Waals surface area contributed by atoms with E-state index >= 15 is 0 Å². The molecule has 0 saturated heterocycles. The van der Waals surface area contributed by atoms with Crippen LogP contribution in [0.15, 0.2) is 6.20 Å². The molecule has 0 N–H and O–H groups in total. The molecule has 0 bridgehead atoms. The lowest BCUT2D eigenvalue weighted by Crippen LogP contribution is -1.92. The maximum absolute atomic E-state index is 4.29. The highest BCUT2D eigenvalue weighted by molar-refractivity contribution is 7.19. The van der Waals surface area contributed by atoms with Crippen molar-refractivity contribution in [1.29, 1.82) is 0 Å². The highest BCUT2D eigenvalue weighted by Gasteiger charge is 2.16. The van der Waals surface area contributed by atoms with E-state index in [0.717, 1.165) is 5.52 Å². The molecule has 3 heteroatoms. The molecule has 0 aliphatic rings. The molecule has 2 nitrogen and oxygen atoms in total. The van der Waals surface area contributed by atoms with Crippen LogP contribution in [-0.2, 0) is 0 Å². The number of aromatic nitrogens is 2. The van der Waals surface area contributed by atoms with E-state index in [2.05, 4.69) is 44.8 Å². The molecule has 0 radical (unpaired) electrons. The molecule has 0 fully saturated rings. The molecule has 0 aliphatic heterocycles. The van der Waals surface area contributed by atoms with Crippen LogP contribution < -0.4 is 0 Å². The topological polar surface area (TPSA) is 25.8 Å². The SMILES string of the molecule is Cc1c(C(C)C)sc2c(C(C)C)cnnc12. The van der Waals surface area contributed by atoms with E-state index < -0.39 is 0 Å². The van der Waals surface area contributed by atoms with Gasteiger partial charge in [0.2, 0.25) is 0 Å². The summed E-state index contributed by atoms with van der Waals surface area (Å²) in [5, 5.41) is 8.41. The number of rotatable bonds is 2. The summed E-state index contributed by atoms with van der Waals surface area (Å²) in [5.74, 6) is 1.08. The first-order chi connectivity index (χ1) is 7.52. The van der Waals surface area contributed by atoms with Crippen molar-refractivity contribution in [2.24, 2.45) is 0 Å². The lowest BCUT2D eigenvalue weighted by molar-refractivity contribution is 0.859. The van der Waals surface area contributed by atoms with Gasteiger partial charge in [-0.05, 0) is 29.9 Å². The van der Waals surface area contributed by atoms with Gasteiger partial charge in [-0.15, -0.1) is 16.4 Å². The summed E-state index contributed by atoms with van der Waals surface area (Å²) in [4.78, 5) is 1.44. The number of hydrogen-bond acceptors (Lipinski definition) is 3. The Kier molecular flexibility index (Phi) is 2.98. The van der Waals surface area contributed by atoms with Crippen molar-refractivity contribution in [3.8, 4) is 0 Å². The van der Waals surface area contributed by atoms with Gasteiger partial charge in [-0.1, -0.05) is 27.7 Å². The third-order valence-electron chi connectivity index (χ3n) is 2.92. The van der Waals surface area contributed by atoms with E-state index in [4.69, 9.17) is 0 Å². The number of hydrogen-bond donors (Lipinski definition) is 0. The summed E-state index contributed by atoms with van der Waals surface area (Å²) in [7, 11) is 0. The molecule has 0 aromatic carbocycles. The normalized spacial score (nSPS) is 11.9. The smallest absolute Gasteiger partial charge is 0.107 e. The summed E-state index contributed by atoms with van der Waals surface area (Å²) in [6.07, 6.45) is 1.91. The zero-order valence-corrected chi connectivity index (χ0v) is 11.4. The van der Waals surface area contributed by atoms with Crippen LogP contribution in [0.4, 0.5) is 0 Å². The summed E-state index contributed by atoms with van der Waals surface area (Å²) in [5.41, 5.74) is 3.73. The van der Waals surface area contributed by atoms with Crippen LogP contribution in [0.5, 0.6) is 0 Å². The minimum Gasteiger partial charge on any atom is -0.158 e. The van der Waals surface area contributed by atoms with Crippen molar-refractivity contribution in [2.75, 3.05) is 0 Å². The Bertz CT molecular complexity index is 512. The van der Waals surface area contributed by atoms with Crippen LogP contribution in [0.3, 0.4) is 0 Å². The van der Waals surface area contributed by atoms with Crippen molar-refractivity contribution in [3.63, 3.8) is 0 Å². The average Bonchev–Trinajstić information content (AvgIpc) is 2.56. The standard InChI is InChI=1S/C13H18N2S/c1-7(2)10-6-14-15-11-9(5)12(8(3)4)16-13(10)11/h6-8H,1-5H3. The van der Waals surface area contributed by atoms with Crippen molar-refractivity contribution in [1.82, 2.24) is 10.2 Å². The van der Waals surface area contributed by atoms with E-state index in [-0.39, 0.29) is 0 Å². The second-order valence-electron chi connectivity index (χ2n) is 4.88. The predicted molar refractivity (Wildman–Crippen MR) is 70.3 cm³/mol. The summed E-state index contributed by atoms with van der Waals surface area (Å²) >= 11 is 1.88. The molecule has 2 heterocycles. The van der Waals surface area contributed by atoms with Crippen LogP contribution in [0.1, 0.15) is 55.5 Å². The van der Waals surface area contributed by atoms with Gasteiger partial charge in [-0.25, -0.2) is 0 Å². The Labute approximate surface area is 101 Å². The number of aryl methyl sites for hydroxylation is 1. The highest BCUT2D eigenvalue weighted by Crippen LogP contribution is 2.37. The van der Waals surface area contributed by atoms with E-state index in [9.17, 15) is 0 Å². The quantitative estimate of drug-likeness (QED) is 0.776. The van der Waals surface area contributed by atoms with E-state index in [1.165, 1.54) is 20.7 Å². The van der Waals surface area contributed by atoms with Crippen molar-refractivity contribution >= 4 is 21.6 Å². The molecular weight excluding hydrogens is 216 g/mol. The lowest BCUT2D eigenvalue weighted by atomic mass is 10.0. The van der Waals surface area contributed by atoms with Gasteiger partial charge >= 0.3 is 0 Å². The first-order valence-electron chi connectivity index (χ1n) is 5.77. The Morgan fingerprint density at radius 1 is 1.12 bits per heavy atom. The molecule has 2 aromatic rings. The Morgan fingerprint density at radius 2 is 1.81 bits per heavy atom. The molecule has 0 unspecified atom stereocenters. The van der Waals surface area contributed by atoms with Crippen LogP contribution in [0, 0.1) is 6.92 Å². The third-order valence-corrected chi connectivity index (χ3v) is 4.55. The minimum atomic E-state index is 0.510.